The number of hydrogen-bond donors (Lipinski definition) is 0. The van der Waals surface area contributed by atoms with Crippen LogP contribution in [0.1, 0.15) is 37.3 Å². The van der Waals surface area contributed by atoms with Crippen LogP contribution in [0.3, 0.4) is 0 Å². The summed E-state index contributed by atoms with van der Waals surface area (Å²) in [6.07, 6.45) is 4.73. The van der Waals surface area contributed by atoms with Crippen molar-refractivity contribution in [2.45, 2.75) is 43.7 Å². The molecule has 1 saturated carbocycles. The van der Waals surface area contributed by atoms with Crippen molar-refractivity contribution in [2.75, 3.05) is 11.9 Å². The number of ether oxygens (including phenoxy) is 1. The van der Waals surface area contributed by atoms with Crippen LogP contribution < -0.4 is 9.64 Å². The Kier molecular flexibility index (Phi) is 3.41. The molecule has 2 aliphatic heterocycles. The van der Waals surface area contributed by atoms with E-state index in [0.29, 0.717) is 5.92 Å². The van der Waals surface area contributed by atoms with Gasteiger partial charge in [-0.05, 0) is 71.4 Å². The molecule has 2 nitrogen and oxygen atoms in total. The van der Waals surface area contributed by atoms with E-state index in [-0.39, 0.29) is 11.1 Å². The molecule has 25 heavy (non-hydrogen) atoms. The van der Waals surface area contributed by atoms with Crippen molar-refractivity contribution in [3.8, 4) is 5.75 Å². The van der Waals surface area contributed by atoms with Crippen molar-refractivity contribution in [3.05, 3.63) is 56.5 Å². The molecule has 0 radical (unpaired) electrons. The first-order valence-electron chi connectivity index (χ1n) is 8.97. The Morgan fingerprint density at radius 1 is 1.20 bits per heavy atom. The average Bonchev–Trinajstić information content (AvgIpc) is 2.78. The molecule has 0 aromatic heterocycles. The predicted molar refractivity (Wildman–Crippen MR) is 108 cm³/mol. The minimum Gasteiger partial charge on any atom is -0.465 e. The molecule has 1 aliphatic carbocycles. The van der Waals surface area contributed by atoms with Gasteiger partial charge in [-0.3, -0.25) is 0 Å². The lowest BCUT2D eigenvalue weighted by atomic mass is 9.60. The van der Waals surface area contributed by atoms with Gasteiger partial charge in [0.15, 0.2) is 5.72 Å². The van der Waals surface area contributed by atoms with E-state index in [1.54, 1.807) is 0 Å². The number of nitrogens with zero attached hydrogens (tertiary/aromatic N) is 1. The normalized spacial score (nSPS) is 32.3. The van der Waals surface area contributed by atoms with E-state index in [0.717, 1.165) is 21.1 Å². The van der Waals surface area contributed by atoms with Crippen LogP contribution in [-0.4, -0.2) is 12.8 Å². The lowest BCUT2D eigenvalue weighted by molar-refractivity contribution is -0.0858. The molecular formula is C21H21Br2NO. The number of anilines is 1. The first kappa shape index (κ1) is 16.2. The third kappa shape index (κ3) is 1.90. The van der Waals surface area contributed by atoms with E-state index in [4.69, 9.17) is 4.74 Å². The van der Waals surface area contributed by atoms with E-state index < -0.39 is 0 Å². The lowest BCUT2D eigenvalue weighted by Gasteiger charge is -2.57. The van der Waals surface area contributed by atoms with Gasteiger partial charge in [0, 0.05) is 23.1 Å². The number of benzene rings is 2. The van der Waals surface area contributed by atoms with Gasteiger partial charge < -0.3 is 9.64 Å². The minimum atomic E-state index is -0.293. The van der Waals surface area contributed by atoms with Crippen LogP contribution >= 0.6 is 31.9 Å². The van der Waals surface area contributed by atoms with Crippen LogP contribution in [0.25, 0.3) is 0 Å². The topological polar surface area (TPSA) is 12.5 Å². The van der Waals surface area contributed by atoms with E-state index in [9.17, 15) is 0 Å². The molecule has 5 rings (SSSR count). The van der Waals surface area contributed by atoms with E-state index in [2.05, 4.69) is 87.1 Å². The smallest absolute Gasteiger partial charge is 0.195 e. The van der Waals surface area contributed by atoms with E-state index in [1.807, 2.05) is 0 Å². The molecule has 3 unspecified atom stereocenters. The summed E-state index contributed by atoms with van der Waals surface area (Å²) in [4.78, 5) is 2.43. The first-order chi connectivity index (χ1) is 12.0. The Hall–Kier alpha value is -1.00. The van der Waals surface area contributed by atoms with Crippen molar-refractivity contribution < 1.29 is 4.74 Å². The Labute approximate surface area is 165 Å². The summed E-state index contributed by atoms with van der Waals surface area (Å²) in [6, 6.07) is 13.2. The van der Waals surface area contributed by atoms with Crippen LogP contribution in [0.15, 0.2) is 45.3 Å². The average molecular weight is 463 g/mol. The summed E-state index contributed by atoms with van der Waals surface area (Å²) in [6.45, 7) is 2.42. The Morgan fingerprint density at radius 3 is 2.84 bits per heavy atom. The van der Waals surface area contributed by atoms with Gasteiger partial charge in [0.25, 0.3) is 0 Å². The van der Waals surface area contributed by atoms with Gasteiger partial charge >= 0.3 is 0 Å². The zero-order valence-corrected chi connectivity index (χ0v) is 17.7. The zero-order chi connectivity index (χ0) is 17.4. The Bertz CT molecular complexity index is 882. The molecule has 1 fully saturated rings. The minimum absolute atomic E-state index is 0.0193. The van der Waals surface area contributed by atoms with Crippen LogP contribution in [0.4, 0.5) is 5.69 Å². The van der Waals surface area contributed by atoms with Crippen molar-refractivity contribution in [1.29, 1.82) is 0 Å². The molecule has 0 amide bonds. The lowest BCUT2D eigenvalue weighted by Crippen LogP contribution is -2.67. The third-order valence-corrected chi connectivity index (χ3v) is 7.79. The van der Waals surface area contributed by atoms with Crippen LogP contribution in [-0.2, 0) is 11.8 Å². The molecule has 0 bridgehead atoms. The maximum atomic E-state index is 6.99. The largest absolute Gasteiger partial charge is 0.465 e. The Morgan fingerprint density at radius 2 is 2.00 bits per heavy atom. The van der Waals surface area contributed by atoms with Gasteiger partial charge in [0.05, 0.1) is 9.89 Å². The summed E-state index contributed by atoms with van der Waals surface area (Å²) in [7, 11) is 2.22. The zero-order valence-electron chi connectivity index (χ0n) is 14.5. The Balaban J connectivity index is 1.75. The second-order valence-corrected chi connectivity index (χ2v) is 9.65. The number of halogens is 2. The summed E-state index contributed by atoms with van der Waals surface area (Å²) < 4.78 is 9.14. The molecule has 0 N–H and O–H groups in total. The van der Waals surface area contributed by atoms with E-state index in [1.165, 1.54) is 36.1 Å². The van der Waals surface area contributed by atoms with Gasteiger partial charge in [-0.1, -0.05) is 40.5 Å². The monoisotopic (exact) mass is 461 g/mol. The SMILES string of the molecule is CN1c2ccccc2C2(C)CCCC3Cc4cc(Br)cc(Br)c4OC312. The molecule has 1 spiro atoms. The van der Waals surface area contributed by atoms with Crippen molar-refractivity contribution in [2.24, 2.45) is 5.92 Å². The van der Waals surface area contributed by atoms with Gasteiger partial charge in [-0.15, -0.1) is 0 Å². The fourth-order valence-corrected chi connectivity index (χ4v) is 7.11. The molecule has 4 heteroatoms. The number of fused-ring (bicyclic) bond motifs is 3. The molecule has 3 atom stereocenters. The first-order valence-corrected chi connectivity index (χ1v) is 10.6. The summed E-state index contributed by atoms with van der Waals surface area (Å²) in [5, 5.41) is 0. The van der Waals surface area contributed by atoms with Gasteiger partial charge in [0.1, 0.15) is 5.75 Å². The molecular weight excluding hydrogens is 442 g/mol. The number of para-hydroxylation sites is 1. The fourth-order valence-electron chi connectivity index (χ4n) is 5.72. The highest BCUT2D eigenvalue weighted by Gasteiger charge is 2.66. The quantitative estimate of drug-likeness (QED) is 0.472. The number of likely N-dealkylation sites (N-methyl/N-ethyl adjacent to an activating group) is 1. The highest BCUT2D eigenvalue weighted by atomic mass is 79.9. The van der Waals surface area contributed by atoms with E-state index >= 15 is 0 Å². The maximum absolute atomic E-state index is 6.99. The summed E-state index contributed by atoms with van der Waals surface area (Å²) >= 11 is 7.38. The van der Waals surface area contributed by atoms with Crippen molar-refractivity contribution in [3.63, 3.8) is 0 Å². The van der Waals surface area contributed by atoms with Gasteiger partial charge in [-0.25, -0.2) is 0 Å². The molecule has 2 aromatic rings. The maximum Gasteiger partial charge on any atom is 0.195 e. The number of hydrogen-bond acceptors (Lipinski definition) is 2. The van der Waals surface area contributed by atoms with Gasteiger partial charge in [-0.2, -0.15) is 0 Å². The number of rotatable bonds is 0. The van der Waals surface area contributed by atoms with Gasteiger partial charge in [0.2, 0.25) is 0 Å². The molecule has 0 saturated heterocycles. The molecule has 130 valence electrons. The highest BCUT2D eigenvalue weighted by molar-refractivity contribution is 9.11. The summed E-state index contributed by atoms with van der Waals surface area (Å²) in [5.74, 6) is 1.52. The predicted octanol–water partition coefficient (Wildman–Crippen LogP) is 6.05. The highest BCUT2D eigenvalue weighted by Crippen LogP contribution is 2.63. The summed E-state index contributed by atoms with van der Waals surface area (Å²) in [5.41, 5.74) is 3.81. The van der Waals surface area contributed by atoms with Crippen LogP contribution in [0, 0.1) is 5.92 Å². The molecule has 2 aromatic carbocycles. The second-order valence-electron chi connectivity index (χ2n) is 7.88. The van der Waals surface area contributed by atoms with Crippen LogP contribution in [0.5, 0.6) is 5.75 Å². The van der Waals surface area contributed by atoms with Crippen molar-refractivity contribution in [1.82, 2.24) is 0 Å². The van der Waals surface area contributed by atoms with Crippen molar-refractivity contribution >= 4 is 37.5 Å². The molecule has 3 aliphatic rings. The second kappa shape index (κ2) is 5.26. The third-order valence-electron chi connectivity index (χ3n) is 6.74. The van der Waals surface area contributed by atoms with Crippen LogP contribution in [0.2, 0.25) is 0 Å². The fraction of sp³-hybridized carbons (Fsp3) is 0.429. The standard InChI is InChI=1S/C21H21Br2NO/c1-20-9-5-6-14-10-13-11-15(22)12-17(23)19(13)25-21(14,20)24(2)18-8-4-3-7-16(18)20/h3-4,7-8,11-12,14H,5-6,9-10H2,1-2H3. The molecule has 2 heterocycles.